The first-order valence-electron chi connectivity index (χ1n) is 11.5. The van der Waals surface area contributed by atoms with Gasteiger partial charge < -0.3 is 9.47 Å². The maximum Gasteiger partial charge on any atom is 0.233 e. The molecular formula is C29H25N3O3S. The number of carbonyl (C=O) groups excluding carboxylic acids is 1. The Hall–Kier alpha value is -4.23. The molecular weight excluding hydrogens is 470 g/mol. The van der Waals surface area contributed by atoms with Gasteiger partial charge in [-0.25, -0.2) is 4.98 Å². The normalized spacial score (nSPS) is 10.8. The summed E-state index contributed by atoms with van der Waals surface area (Å²) in [6, 6.07) is 25.8. The molecule has 2 heterocycles. The molecule has 0 radical (unpaired) electrons. The van der Waals surface area contributed by atoms with Crippen LogP contribution in [-0.2, 0) is 17.8 Å². The fourth-order valence-corrected chi connectivity index (χ4v) is 5.13. The number of thiazole rings is 1. The summed E-state index contributed by atoms with van der Waals surface area (Å²) in [4.78, 5) is 24.4. The number of rotatable bonds is 8. The molecule has 0 aliphatic carbocycles. The van der Waals surface area contributed by atoms with E-state index < -0.39 is 0 Å². The Morgan fingerprint density at radius 2 is 1.56 bits per heavy atom. The van der Waals surface area contributed by atoms with Crippen molar-refractivity contribution in [1.82, 2.24) is 9.97 Å². The molecule has 0 fully saturated rings. The predicted molar refractivity (Wildman–Crippen MR) is 144 cm³/mol. The molecule has 0 unspecified atom stereocenters. The molecule has 0 aliphatic rings. The quantitative estimate of drug-likeness (QED) is 0.258. The van der Waals surface area contributed by atoms with E-state index in [4.69, 9.17) is 14.5 Å². The van der Waals surface area contributed by atoms with E-state index in [2.05, 4.69) is 29.2 Å². The van der Waals surface area contributed by atoms with Crippen molar-refractivity contribution in [2.75, 3.05) is 19.1 Å². The number of hydrogen-bond donors (Lipinski definition) is 0. The molecule has 0 N–H and O–H groups in total. The number of benzene rings is 3. The Bertz CT molecular complexity index is 1430. The van der Waals surface area contributed by atoms with Crippen molar-refractivity contribution in [2.24, 2.45) is 0 Å². The maximum absolute atomic E-state index is 13.7. The molecule has 2 aromatic heterocycles. The van der Waals surface area contributed by atoms with E-state index in [-0.39, 0.29) is 12.3 Å². The second-order valence-corrected chi connectivity index (χ2v) is 9.20. The number of pyridine rings is 1. The van der Waals surface area contributed by atoms with Crippen molar-refractivity contribution in [3.8, 4) is 22.6 Å². The van der Waals surface area contributed by atoms with E-state index >= 15 is 0 Å². The zero-order chi connectivity index (χ0) is 24.9. The fourth-order valence-electron chi connectivity index (χ4n) is 4.04. The average Bonchev–Trinajstić information content (AvgIpc) is 3.38. The lowest BCUT2D eigenvalue weighted by atomic mass is 10.0. The minimum absolute atomic E-state index is 0.0525. The minimum atomic E-state index is -0.0525. The highest BCUT2D eigenvalue weighted by Crippen LogP contribution is 2.40. The van der Waals surface area contributed by atoms with Crippen molar-refractivity contribution in [2.45, 2.75) is 13.0 Å². The number of aromatic nitrogens is 2. The number of carbonyl (C=O) groups is 1. The van der Waals surface area contributed by atoms with Gasteiger partial charge in [0.05, 0.1) is 27.2 Å². The SMILES string of the molecule is COc1ccc(OC)c2sc(N(Cc3cccnc3)C(=O)Cc3ccc(-c4ccccc4)cc3)nc12. The van der Waals surface area contributed by atoms with Crippen molar-refractivity contribution in [1.29, 1.82) is 0 Å². The molecule has 0 bridgehead atoms. The number of ether oxygens (including phenoxy) is 2. The van der Waals surface area contributed by atoms with Crippen molar-refractivity contribution < 1.29 is 14.3 Å². The van der Waals surface area contributed by atoms with Gasteiger partial charge in [0.2, 0.25) is 5.91 Å². The minimum Gasteiger partial charge on any atom is -0.495 e. The highest BCUT2D eigenvalue weighted by Gasteiger charge is 2.23. The van der Waals surface area contributed by atoms with Gasteiger partial charge in [0, 0.05) is 12.4 Å². The molecule has 180 valence electrons. The summed E-state index contributed by atoms with van der Waals surface area (Å²) in [7, 11) is 3.23. The third kappa shape index (κ3) is 4.92. The van der Waals surface area contributed by atoms with E-state index in [0.717, 1.165) is 27.0 Å². The summed E-state index contributed by atoms with van der Waals surface area (Å²) in [5, 5.41) is 0.586. The predicted octanol–water partition coefficient (Wildman–Crippen LogP) is 6.15. The summed E-state index contributed by atoms with van der Waals surface area (Å²) in [6.07, 6.45) is 3.74. The van der Waals surface area contributed by atoms with E-state index in [1.54, 1.807) is 31.5 Å². The molecule has 0 atom stereocenters. The molecule has 0 saturated carbocycles. The van der Waals surface area contributed by atoms with Crippen molar-refractivity contribution in [3.63, 3.8) is 0 Å². The van der Waals surface area contributed by atoms with Gasteiger partial charge in [0.15, 0.2) is 5.13 Å². The standard InChI is InChI=1S/C29H25N3O3S/c1-34-24-14-15-25(35-2)28-27(24)31-29(36-28)32(19-21-7-6-16-30-18-21)26(33)17-20-10-12-23(13-11-20)22-8-4-3-5-9-22/h3-16,18H,17,19H2,1-2H3. The number of nitrogens with zero attached hydrogens (tertiary/aromatic N) is 3. The van der Waals surface area contributed by atoms with Crippen molar-refractivity contribution >= 4 is 32.6 Å². The summed E-state index contributed by atoms with van der Waals surface area (Å²) in [5.41, 5.74) is 4.79. The topological polar surface area (TPSA) is 64.6 Å². The third-order valence-corrected chi connectivity index (χ3v) is 7.00. The molecule has 3 aromatic carbocycles. The molecule has 7 heteroatoms. The third-order valence-electron chi connectivity index (χ3n) is 5.91. The van der Waals surface area contributed by atoms with Gasteiger partial charge in [-0.2, -0.15) is 0 Å². The van der Waals surface area contributed by atoms with Gasteiger partial charge in [0.25, 0.3) is 0 Å². The van der Waals surface area contributed by atoms with E-state index in [9.17, 15) is 4.79 Å². The van der Waals surface area contributed by atoms with Gasteiger partial charge in [0.1, 0.15) is 21.7 Å². The molecule has 1 amide bonds. The Kier molecular flexibility index (Phi) is 6.91. The van der Waals surface area contributed by atoms with Gasteiger partial charge in [-0.15, -0.1) is 0 Å². The van der Waals surface area contributed by atoms with Crippen LogP contribution in [0, 0.1) is 0 Å². The molecule has 5 rings (SSSR count). The maximum atomic E-state index is 13.7. The van der Waals surface area contributed by atoms with Gasteiger partial charge in [-0.05, 0) is 40.5 Å². The van der Waals surface area contributed by atoms with Crippen LogP contribution in [0.2, 0.25) is 0 Å². The first-order chi connectivity index (χ1) is 17.7. The lowest BCUT2D eigenvalue weighted by Gasteiger charge is -2.20. The Labute approximate surface area is 213 Å². The molecule has 6 nitrogen and oxygen atoms in total. The number of amides is 1. The van der Waals surface area contributed by atoms with Gasteiger partial charge >= 0.3 is 0 Å². The lowest BCUT2D eigenvalue weighted by molar-refractivity contribution is -0.118. The van der Waals surface area contributed by atoms with Crippen LogP contribution < -0.4 is 14.4 Å². The largest absolute Gasteiger partial charge is 0.495 e. The zero-order valence-corrected chi connectivity index (χ0v) is 20.9. The van der Waals surface area contributed by atoms with Crippen LogP contribution in [0.25, 0.3) is 21.3 Å². The van der Waals surface area contributed by atoms with Crippen LogP contribution in [0.3, 0.4) is 0 Å². The first kappa shape index (κ1) is 23.5. The van der Waals surface area contributed by atoms with Crippen LogP contribution in [0.5, 0.6) is 11.5 Å². The number of anilines is 1. The summed E-state index contributed by atoms with van der Waals surface area (Å²) in [5.74, 6) is 1.28. The monoisotopic (exact) mass is 495 g/mol. The van der Waals surface area contributed by atoms with E-state index in [1.807, 2.05) is 54.6 Å². The molecule has 0 spiro atoms. The number of methoxy groups -OCH3 is 2. The van der Waals surface area contributed by atoms with E-state index in [1.165, 1.54) is 11.3 Å². The van der Waals surface area contributed by atoms with Crippen LogP contribution in [0.1, 0.15) is 11.1 Å². The average molecular weight is 496 g/mol. The van der Waals surface area contributed by atoms with Crippen LogP contribution in [-0.4, -0.2) is 30.1 Å². The number of fused-ring (bicyclic) bond motifs is 1. The number of hydrogen-bond acceptors (Lipinski definition) is 6. The fraction of sp³-hybridized carbons (Fsp3) is 0.138. The zero-order valence-electron chi connectivity index (χ0n) is 20.0. The highest BCUT2D eigenvalue weighted by molar-refractivity contribution is 7.22. The second-order valence-electron chi connectivity index (χ2n) is 8.23. The van der Waals surface area contributed by atoms with Gasteiger partial charge in [-0.1, -0.05) is 72.0 Å². The Morgan fingerprint density at radius 3 is 2.25 bits per heavy atom. The van der Waals surface area contributed by atoms with Crippen LogP contribution >= 0.6 is 11.3 Å². The highest BCUT2D eigenvalue weighted by atomic mass is 32.1. The smallest absolute Gasteiger partial charge is 0.233 e. The first-order valence-corrected chi connectivity index (χ1v) is 12.3. The second kappa shape index (κ2) is 10.6. The summed E-state index contributed by atoms with van der Waals surface area (Å²) < 4.78 is 11.9. The van der Waals surface area contributed by atoms with Crippen molar-refractivity contribution in [3.05, 3.63) is 102 Å². The molecule has 0 aliphatic heterocycles. The van der Waals surface area contributed by atoms with E-state index in [0.29, 0.717) is 28.7 Å². The summed E-state index contributed by atoms with van der Waals surface area (Å²) in [6.45, 7) is 0.360. The lowest BCUT2D eigenvalue weighted by Crippen LogP contribution is -2.31. The van der Waals surface area contributed by atoms with Crippen LogP contribution in [0.15, 0.2) is 91.3 Å². The van der Waals surface area contributed by atoms with Crippen LogP contribution in [0.4, 0.5) is 5.13 Å². The molecule has 36 heavy (non-hydrogen) atoms. The molecule has 0 saturated heterocycles. The Morgan fingerprint density at radius 1 is 0.833 bits per heavy atom. The summed E-state index contributed by atoms with van der Waals surface area (Å²) >= 11 is 1.41. The van der Waals surface area contributed by atoms with Gasteiger partial charge in [-0.3, -0.25) is 14.7 Å². The molecule has 5 aromatic rings. The Balaban J connectivity index is 1.47.